The maximum absolute atomic E-state index is 11.4. The summed E-state index contributed by atoms with van der Waals surface area (Å²) >= 11 is 0. The van der Waals surface area contributed by atoms with Gasteiger partial charge in [-0.15, -0.1) is 0 Å². The summed E-state index contributed by atoms with van der Waals surface area (Å²) < 4.78 is 5.64. The summed E-state index contributed by atoms with van der Waals surface area (Å²) in [6.45, 7) is 5.80. The summed E-state index contributed by atoms with van der Waals surface area (Å²) in [7, 11) is 0. The Morgan fingerprint density at radius 3 is 2.25 bits per heavy atom. The monoisotopic (exact) mass is 222 g/mol. The second-order valence-corrected chi connectivity index (χ2v) is 4.64. The van der Waals surface area contributed by atoms with Crippen molar-refractivity contribution in [3.8, 4) is 5.75 Å². The lowest BCUT2D eigenvalue weighted by molar-refractivity contribution is 0.0956. The van der Waals surface area contributed by atoms with Gasteiger partial charge < -0.3 is 9.84 Å². The molecule has 3 nitrogen and oxygen atoms in total. The molecule has 0 fully saturated rings. The molecule has 0 amide bonds. The molecular weight excluding hydrogens is 204 g/mol. The number of carbonyl (C=O) groups is 1. The van der Waals surface area contributed by atoms with Gasteiger partial charge in [-0.3, -0.25) is 4.79 Å². The molecule has 1 rings (SSSR count). The van der Waals surface area contributed by atoms with Crippen LogP contribution >= 0.6 is 0 Å². The van der Waals surface area contributed by atoms with E-state index in [9.17, 15) is 4.79 Å². The SMILES string of the molecule is CC(C)(C)Oc1ccc(C(=O)CCO)cc1. The van der Waals surface area contributed by atoms with Crippen molar-refractivity contribution in [2.45, 2.75) is 32.8 Å². The molecule has 0 heterocycles. The molecule has 0 saturated carbocycles. The lowest BCUT2D eigenvalue weighted by Crippen LogP contribution is -2.22. The van der Waals surface area contributed by atoms with Crippen LogP contribution in [0.2, 0.25) is 0 Å². The molecule has 0 atom stereocenters. The molecule has 0 aliphatic carbocycles. The van der Waals surface area contributed by atoms with Crippen LogP contribution in [0.25, 0.3) is 0 Å². The van der Waals surface area contributed by atoms with E-state index in [2.05, 4.69) is 0 Å². The standard InChI is InChI=1S/C13H18O3/c1-13(2,3)16-11-6-4-10(5-7-11)12(15)8-9-14/h4-7,14H,8-9H2,1-3H3. The average molecular weight is 222 g/mol. The number of benzene rings is 1. The van der Waals surface area contributed by atoms with E-state index in [1.807, 2.05) is 20.8 Å². The molecule has 0 bridgehead atoms. The molecular formula is C13H18O3. The number of hydrogen-bond acceptors (Lipinski definition) is 3. The van der Waals surface area contributed by atoms with Crippen molar-refractivity contribution in [2.75, 3.05) is 6.61 Å². The smallest absolute Gasteiger partial charge is 0.165 e. The van der Waals surface area contributed by atoms with Gasteiger partial charge in [-0.05, 0) is 45.0 Å². The van der Waals surface area contributed by atoms with Crippen molar-refractivity contribution in [2.24, 2.45) is 0 Å². The number of carbonyl (C=O) groups excluding carboxylic acids is 1. The molecule has 1 aromatic carbocycles. The molecule has 16 heavy (non-hydrogen) atoms. The Kier molecular flexibility index (Phi) is 4.07. The first-order valence-corrected chi connectivity index (χ1v) is 5.35. The summed E-state index contributed by atoms with van der Waals surface area (Å²) in [6, 6.07) is 6.99. The van der Waals surface area contributed by atoms with Crippen molar-refractivity contribution >= 4 is 5.78 Å². The first kappa shape index (κ1) is 12.7. The quantitative estimate of drug-likeness (QED) is 0.796. The van der Waals surface area contributed by atoms with Gasteiger partial charge in [0.15, 0.2) is 5.78 Å². The number of aliphatic hydroxyl groups is 1. The molecule has 0 aliphatic rings. The molecule has 3 heteroatoms. The molecule has 0 saturated heterocycles. The molecule has 0 spiro atoms. The highest BCUT2D eigenvalue weighted by molar-refractivity contribution is 5.96. The van der Waals surface area contributed by atoms with Crippen molar-refractivity contribution in [1.82, 2.24) is 0 Å². The first-order valence-electron chi connectivity index (χ1n) is 5.35. The lowest BCUT2D eigenvalue weighted by atomic mass is 10.1. The van der Waals surface area contributed by atoms with Gasteiger partial charge in [0.05, 0.1) is 6.61 Å². The topological polar surface area (TPSA) is 46.5 Å². The second-order valence-electron chi connectivity index (χ2n) is 4.64. The minimum absolute atomic E-state index is 0.0511. The van der Waals surface area contributed by atoms with E-state index in [0.717, 1.165) is 5.75 Å². The van der Waals surface area contributed by atoms with Crippen LogP contribution in [0.15, 0.2) is 24.3 Å². The van der Waals surface area contributed by atoms with Gasteiger partial charge in [-0.1, -0.05) is 0 Å². The van der Waals surface area contributed by atoms with Crippen molar-refractivity contribution in [1.29, 1.82) is 0 Å². The van der Waals surface area contributed by atoms with E-state index in [1.54, 1.807) is 24.3 Å². The number of Topliss-reactive ketones (excluding diaryl/α,β-unsaturated/α-hetero) is 1. The third kappa shape index (κ3) is 4.03. The fraction of sp³-hybridized carbons (Fsp3) is 0.462. The molecule has 1 aromatic rings. The van der Waals surface area contributed by atoms with Crippen molar-refractivity contribution in [3.63, 3.8) is 0 Å². The maximum atomic E-state index is 11.4. The number of ether oxygens (including phenoxy) is 1. The van der Waals surface area contributed by atoms with Gasteiger partial charge in [0.1, 0.15) is 11.4 Å². The average Bonchev–Trinajstić information content (AvgIpc) is 2.16. The zero-order chi connectivity index (χ0) is 12.2. The fourth-order valence-corrected chi connectivity index (χ4v) is 1.31. The summed E-state index contributed by atoms with van der Waals surface area (Å²) in [5.74, 6) is 0.692. The van der Waals surface area contributed by atoms with Crippen LogP contribution in [-0.2, 0) is 0 Å². The fourth-order valence-electron chi connectivity index (χ4n) is 1.31. The Labute approximate surface area is 96.1 Å². The summed E-state index contributed by atoms with van der Waals surface area (Å²) in [4.78, 5) is 11.4. The zero-order valence-corrected chi connectivity index (χ0v) is 9.99. The summed E-state index contributed by atoms with van der Waals surface area (Å²) in [5.41, 5.74) is 0.367. The van der Waals surface area contributed by atoms with Crippen LogP contribution in [0.3, 0.4) is 0 Å². The van der Waals surface area contributed by atoms with E-state index >= 15 is 0 Å². The van der Waals surface area contributed by atoms with E-state index in [-0.39, 0.29) is 24.4 Å². The summed E-state index contributed by atoms with van der Waals surface area (Å²) in [5, 5.41) is 8.66. The summed E-state index contributed by atoms with van der Waals surface area (Å²) in [6.07, 6.45) is 0.166. The Bertz CT molecular complexity index is 346. The molecule has 1 N–H and O–H groups in total. The van der Waals surface area contributed by atoms with Gasteiger partial charge >= 0.3 is 0 Å². The van der Waals surface area contributed by atoms with Crippen LogP contribution in [0, 0.1) is 0 Å². The van der Waals surface area contributed by atoms with Crippen LogP contribution in [0.4, 0.5) is 0 Å². The van der Waals surface area contributed by atoms with Crippen LogP contribution in [0.1, 0.15) is 37.6 Å². The third-order valence-electron chi connectivity index (χ3n) is 1.94. The highest BCUT2D eigenvalue weighted by Gasteiger charge is 2.12. The maximum Gasteiger partial charge on any atom is 0.165 e. The van der Waals surface area contributed by atoms with Gasteiger partial charge in [0.25, 0.3) is 0 Å². The second kappa shape index (κ2) is 5.12. The largest absolute Gasteiger partial charge is 0.488 e. The van der Waals surface area contributed by atoms with E-state index in [4.69, 9.17) is 9.84 Å². The Balaban J connectivity index is 2.72. The number of aliphatic hydroxyl groups excluding tert-OH is 1. The van der Waals surface area contributed by atoms with Crippen LogP contribution < -0.4 is 4.74 Å². The van der Waals surface area contributed by atoms with Crippen molar-refractivity contribution in [3.05, 3.63) is 29.8 Å². The van der Waals surface area contributed by atoms with E-state index in [0.29, 0.717) is 5.56 Å². The molecule has 0 radical (unpaired) electrons. The normalized spacial score (nSPS) is 11.2. The first-order chi connectivity index (χ1) is 7.42. The third-order valence-corrected chi connectivity index (χ3v) is 1.94. The van der Waals surface area contributed by atoms with E-state index in [1.165, 1.54) is 0 Å². The molecule has 88 valence electrons. The predicted molar refractivity (Wildman–Crippen MR) is 62.9 cm³/mol. The van der Waals surface area contributed by atoms with Gasteiger partial charge in [0.2, 0.25) is 0 Å². The lowest BCUT2D eigenvalue weighted by Gasteiger charge is -2.21. The minimum Gasteiger partial charge on any atom is -0.488 e. The van der Waals surface area contributed by atoms with Gasteiger partial charge in [0, 0.05) is 12.0 Å². The molecule has 0 aromatic heterocycles. The number of ketones is 1. The molecule has 0 aliphatic heterocycles. The Morgan fingerprint density at radius 2 is 1.81 bits per heavy atom. The Morgan fingerprint density at radius 1 is 1.25 bits per heavy atom. The van der Waals surface area contributed by atoms with Crippen LogP contribution in [0.5, 0.6) is 5.75 Å². The minimum atomic E-state index is -0.239. The molecule has 0 unspecified atom stereocenters. The zero-order valence-electron chi connectivity index (χ0n) is 9.99. The highest BCUT2D eigenvalue weighted by Crippen LogP contribution is 2.18. The highest BCUT2D eigenvalue weighted by atomic mass is 16.5. The van der Waals surface area contributed by atoms with Gasteiger partial charge in [-0.25, -0.2) is 0 Å². The van der Waals surface area contributed by atoms with E-state index < -0.39 is 0 Å². The predicted octanol–water partition coefficient (Wildman–Crippen LogP) is 2.43. The number of hydrogen-bond donors (Lipinski definition) is 1. The van der Waals surface area contributed by atoms with Crippen LogP contribution in [-0.4, -0.2) is 23.1 Å². The van der Waals surface area contributed by atoms with Gasteiger partial charge in [-0.2, -0.15) is 0 Å². The van der Waals surface area contributed by atoms with Crippen molar-refractivity contribution < 1.29 is 14.6 Å². The Hall–Kier alpha value is -1.35. The number of rotatable bonds is 4.